The molecule has 0 spiro atoms. The van der Waals surface area contributed by atoms with Crippen molar-refractivity contribution in [3.05, 3.63) is 11.9 Å². The zero-order valence-electron chi connectivity index (χ0n) is 9.18. The molecule has 1 saturated heterocycles. The molecular formula is C10H17N3O2. The van der Waals surface area contributed by atoms with E-state index < -0.39 is 5.60 Å². The lowest BCUT2D eigenvalue weighted by molar-refractivity contribution is 0.0653. The summed E-state index contributed by atoms with van der Waals surface area (Å²) in [7, 11) is 0. The van der Waals surface area contributed by atoms with Crippen molar-refractivity contribution in [1.82, 2.24) is 15.0 Å². The molecule has 0 radical (unpaired) electrons. The van der Waals surface area contributed by atoms with Gasteiger partial charge >= 0.3 is 0 Å². The highest BCUT2D eigenvalue weighted by Crippen LogP contribution is 2.22. The smallest absolute Gasteiger partial charge is 0.114 e. The molecule has 15 heavy (non-hydrogen) atoms. The standard InChI is InChI=1S/C10H17N3O2/c1-10(2,14)9-7-13(12-11-9)8-3-5-15-6-4-8/h7-8,14H,3-6H2,1-2H3. The van der Waals surface area contributed by atoms with E-state index >= 15 is 0 Å². The van der Waals surface area contributed by atoms with Crippen LogP contribution in [-0.2, 0) is 10.3 Å². The average Bonchev–Trinajstić information content (AvgIpc) is 2.67. The molecular weight excluding hydrogens is 194 g/mol. The zero-order chi connectivity index (χ0) is 10.9. The highest BCUT2D eigenvalue weighted by Gasteiger charge is 2.23. The molecule has 0 aromatic carbocycles. The van der Waals surface area contributed by atoms with Crippen LogP contribution >= 0.6 is 0 Å². The van der Waals surface area contributed by atoms with Gasteiger partial charge in [0.15, 0.2) is 0 Å². The van der Waals surface area contributed by atoms with E-state index in [9.17, 15) is 5.11 Å². The normalized spacial score (nSPS) is 19.4. The Labute approximate surface area is 89.0 Å². The van der Waals surface area contributed by atoms with E-state index in [0.717, 1.165) is 26.1 Å². The quantitative estimate of drug-likeness (QED) is 0.788. The SMILES string of the molecule is CC(C)(O)c1cn(C2CCOCC2)nn1. The molecule has 2 rings (SSSR count). The molecule has 1 fully saturated rings. The minimum absolute atomic E-state index is 0.363. The Hall–Kier alpha value is -0.940. The zero-order valence-corrected chi connectivity index (χ0v) is 9.18. The van der Waals surface area contributed by atoms with Gasteiger partial charge in [-0.2, -0.15) is 0 Å². The van der Waals surface area contributed by atoms with Crippen molar-refractivity contribution >= 4 is 0 Å². The molecule has 1 aliphatic rings. The maximum Gasteiger partial charge on any atom is 0.114 e. The van der Waals surface area contributed by atoms with Gasteiger partial charge in [-0.25, -0.2) is 4.68 Å². The average molecular weight is 211 g/mol. The molecule has 1 aromatic rings. The number of aromatic nitrogens is 3. The van der Waals surface area contributed by atoms with Gasteiger partial charge < -0.3 is 9.84 Å². The molecule has 0 atom stereocenters. The van der Waals surface area contributed by atoms with Gasteiger partial charge in [0.25, 0.3) is 0 Å². The van der Waals surface area contributed by atoms with Crippen LogP contribution < -0.4 is 0 Å². The molecule has 0 unspecified atom stereocenters. The molecule has 0 saturated carbocycles. The number of rotatable bonds is 2. The number of aliphatic hydroxyl groups is 1. The summed E-state index contributed by atoms with van der Waals surface area (Å²) in [5, 5.41) is 17.8. The molecule has 0 bridgehead atoms. The maximum absolute atomic E-state index is 9.76. The Morgan fingerprint density at radius 3 is 2.67 bits per heavy atom. The molecule has 84 valence electrons. The van der Waals surface area contributed by atoms with Crippen LogP contribution in [-0.4, -0.2) is 33.3 Å². The summed E-state index contributed by atoms with van der Waals surface area (Å²) in [6, 6.07) is 0.363. The number of ether oxygens (including phenoxy) is 1. The number of hydrogen-bond donors (Lipinski definition) is 1. The van der Waals surface area contributed by atoms with Crippen LogP contribution in [0, 0.1) is 0 Å². The van der Waals surface area contributed by atoms with Gasteiger partial charge in [0.1, 0.15) is 11.3 Å². The van der Waals surface area contributed by atoms with Crippen LogP contribution in [0.25, 0.3) is 0 Å². The highest BCUT2D eigenvalue weighted by molar-refractivity contribution is 5.03. The Kier molecular flexibility index (Phi) is 2.75. The molecule has 5 nitrogen and oxygen atoms in total. The van der Waals surface area contributed by atoms with Crippen molar-refractivity contribution in [2.75, 3.05) is 13.2 Å². The lowest BCUT2D eigenvalue weighted by Crippen LogP contribution is -2.20. The molecule has 1 N–H and O–H groups in total. The van der Waals surface area contributed by atoms with E-state index in [0.29, 0.717) is 11.7 Å². The Balaban J connectivity index is 2.12. The van der Waals surface area contributed by atoms with Crippen molar-refractivity contribution in [3.8, 4) is 0 Å². The predicted molar refractivity (Wildman–Crippen MR) is 54.4 cm³/mol. The summed E-state index contributed by atoms with van der Waals surface area (Å²) < 4.78 is 7.13. The first-order valence-corrected chi connectivity index (χ1v) is 5.30. The first-order chi connectivity index (χ1) is 7.07. The van der Waals surface area contributed by atoms with Crippen LogP contribution in [0.1, 0.15) is 38.4 Å². The van der Waals surface area contributed by atoms with Crippen molar-refractivity contribution in [1.29, 1.82) is 0 Å². The van der Waals surface area contributed by atoms with Gasteiger partial charge in [-0.15, -0.1) is 5.10 Å². The second kappa shape index (κ2) is 3.90. The van der Waals surface area contributed by atoms with E-state index in [1.165, 1.54) is 0 Å². The third-order valence-electron chi connectivity index (χ3n) is 2.70. The van der Waals surface area contributed by atoms with Crippen LogP contribution in [0.4, 0.5) is 0 Å². The second-order valence-electron chi connectivity index (χ2n) is 4.49. The number of nitrogens with zero attached hydrogens (tertiary/aromatic N) is 3. The van der Waals surface area contributed by atoms with Crippen molar-refractivity contribution < 1.29 is 9.84 Å². The van der Waals surface area contributed by atoms with Gasteiger partial charge in [0.05, 0.1) is 12.2 Å². The summed E-state index contributed by atoms with van der Waals surface area (Å²) in [6.45, 7) is 4.99. The van der Waals surface area contributed by atoms with E-state index in [2.05, 4.69) is 10.3 Å². The highest BCUT2D eigenvalue weighted by atomic mass is 16.5. The Bertz CT molecular complexity index is 324. The van der Waals surface area contributed by atoms with Gasteiger partial charge in [-0.1, -0.05) is 5.21 Å². The fourth-order valence-corrected chi connectivity index (χ4v) is 1.69. The molecule has 2 heterocycles. The van der Waals surface area contributed by atoms with Crippen molar-refractivity contribution in [3.63, 3.8) is 0 Å². The first-order valence-electron chi connectivity index (χ1n) is 5.30. The lowest BCUT2D eigenvalue weighted by atomic mass is 10.1. The summed E-state index contributed by atoms with van der Waals surface area (Å²) in [4.78, 5) is 0. The monoisotopic (exact) mass is 211 g/mol. The van der Waals surface area contributed by atoms with Crippen LogP contribution in [0.3, 0.4) is 0 Å². The third-order valence-corrected chi connectivity index (χ3v) is 2.70. The van der Waals surface area contributed by atoms with E-state index in [-0.39, 0.29) is 0 Å². The Morgan fingerprint density at radius 2 is 2.13 bits per heavy atom. The fourth-order valence-electron chi connectivity index (χ4n) is 1.69. The lowest BCUT2D eigenvalue weighted by Gasteiger charge is -2.21. The topological polar surface area (TPSA) is 60.2 Å². The van der Waals surface area contributed by atoms with Gasteiger partial charge in [0, 0.05) is 13.2 Å². The summed E-state index contributed by atoms with van der Waals surface area (Å²) >= 11 is 0. The van der Waals surface area contributed by atoms with Crippen LogP contribution in [0.5, 0.6) is 0 Å². The first kappa shape index (κ1) is 10.6. The van der Waals surface area contributed by atoms with Gasteiger partial charge in [0.2, 0.25) is 0 Å². The van der Waals surface area contributed by atoms with E-state index in [1.54, 1.807) is 13.8 Å². The minimum Gasteiger partial charge on any atom is -0.384 e. The fraction of sp³-hybridized carbons (Fsp3) is 0.800. The molecule has 0 amide bonds. The minimum atomic E-state index is -0.913. The van der Waals surface area contributed by atoms with Crippen molar-refractivity contribution in [2.45, 2.75) is 38.3 Å². The second-order valence-corrected chi connectivity index (χ2v) is 4.49. The van der Waals surface area contributed by atoms with E-state index in [1.807, 2.05) is 10.9 Å². The van der Waals surface area contributed by atoms with Crippen LogP contribution in [0.15, 0.2) is 6.20 Å². The van der Waals surface area contributed by atoms with E-state index in [4.69, 9.17) is 4.74 Å². The number of hydrogen-bond acceptors (Lipinski definition) is 4. The third kappa shape index (κ3) is 2.35. The van der Waals surface area contributed by atoms with Gasteiger partial charge in [-0.05, 0) is 26.7 Å². The maximum atomic E-state index is 9.76. The predicted octanol–water partition coefficient (Wildman–Crippen LogP) is 0.857. The largest absolute Gasteiger partial charge is 0.384 e. The Morgan fingerprint density at radius 1 is 1.47 bits per heavy atom. The van der Waals surface area contributed by atoms with Crippen LogP contribution in [0.2, 0.25) is 0 Å². The molecule has 0 aliphatic carbocycles. The van der Waals surface area contributed by atoms with Crippen molar-refractivity contribution in [2.24, 2.45) is 0 Å². The molecule has 5 heteroatoms. The summed E-state index contributed by atoms with van der Waals surface area (Å²) in [5.74, 6) is 0. The van der Waals surface area contributed by atoms with Gasteiger partial charge in [-0.3, -0.25) is 0 Å². The molecule has 1 aromatic heterocycles. The summed E-state index contributed by atoms with van der Waals surface area (Å²) in [5.41, 5.74) is -0.294. The molecule has 1 aliphatic heterocycles. The summed E-state index contributed by atoms with van der Waals surface area (Å²) in [6.07, 6.45) is 3.76.